The van der Waals surface area contributed by atoms with Crippen LogP contribution in [0, 0.1) is 16.0 Å². The second-order valence-corrected chi connectivity index (χ2v) is 7.35. The molecule has 2 aliphatic heterocycles. The van der Waals surface area contributed by atoms with Crippen molar-refractivity contribution in [2.75, 3.05) is 52.5 Å². The highest BCUT2D eigenvalue weighted by Crippen LogP contribution is 2.14. The molecule has 0 spiro atoms. The summed E-state index contributed by atoms with van der Waals surface area (Å²) in [6.45, 7) is 7.36. The number of ether oxygens (including phenoxy) is 2. The molecule has 3 rings (SSSR count). The number of amides is 1. The molecule has 1 amide bonds. The molecule has 11 heteroatoms. The molecule has 1 N–H and O–H groups in total. The summed E-state index contributed by atoms with van der Waals surface area (Å²) < 4.78 is 10.5. The van der Waals surface area contributed by atoms with Crippen LogP contribution in [0.1, 0.15) is 18.9 Å². The van der Waals surface area contributed by atoms with E-state index in [2.05, 4.69) is 10.2 Å². The van der Waals surface area contributed by atoms with E-state index in [1.54, 1.807) is 24.0 Å². The Morgan fingerprint density at radius 3 is 2.52 bits per heavy atom. The van der Waals surface area contributed by atoms with E-state index in [-0.39, 0.29) is 35.8 Å². The van der Waals surface area contributed by atoms with Crippen molar-refractivity contribution in [3.63, 3.8) is 0 Å². The molecule has 1 aromatic carbocycles. The van der Waals surface area contributed by atoms with Gasteiger partial charge in [0.2, 0.25) is 0 Å². The van der Waals surface area contributed by atoms with Gasteiger partial charge >= 0.3 is 6.09 Å². The smallest absolute Gasteiger partial charge is 0.409 e. The van der Waals surface area contributed by atoms with Crippen LogP contribution in [0.25, 0.3) is 0 Å². The van der Waals surface area contributed by atoms with Crippen molar-refractivity contribution in [1.29, 1.82) is 0 Å². The van der Waals surface area contributed by atoms with E-state index in [1.165, 1.54) is 12.1 Å². The minimum atomic E-state index is -0.410. The summed E-state index contributed by atoms with van der Waals surface area (Å²) in [5.41, 5.74) is 0.964. The van der Waals surface area contributed by atoms with Gasteiger partial charge < -0.3 is 24.6 Å². The molecular weight excluding hydrogens is 517 g/mol. The molecule has 1 atom stereocenters. The Morgan fingerprint density at radius 2 is 1.94 bits per heavy atom. The first-order valence-corrected chi connectivity index (χ1v) is 10.3. The molecule has 2 saturated heterocycles. The number of nitro benzene ring substituents is 1. The first kappa shape index (κ1) is 25.1. The van der Waals surface area contributed by atoms with Crippen LogP contribution in [0.4, 0.5) is 10.5 Å². The van der Waals surface area contributed by atoms with E-state index < -0.39 is 4.92 Å². The van der Waals surface area contributed by atoms with Crippen molar-refractivity contribution < 1.29 is 19.2 Å². The third kappa shape index (κ3) is 7.49. The van der Waals surface area contributed by atoms with Gasteiger partial charge in [0.1, 0.15) is 0 Å². The molecule has 10 nitrogen and oxygen atoms in total. The minimum absolute atomic E-state index is 0. The summed E-state index contributed by atoms with van der Waals surface area (Å²) in [7, 11) is 0. The van der Waals surface area contributed by atoms with Gasteiger partial charge in [0.15, 0.2) is 5.96 Å². The lowest BCUT2D eigenvalue weighted by molar-refractivity contribution is -0.384. The highest BCUT2D eigenvalue weighted by Gasteiger charge is 2.25. The van der Waals surface area contributed by atoms with Gasteiger partial charge in [-0.25, -0.2) is 9.79 Å². The van der Waals surface area contributed by atoms with Crippen LogP contribution in [0.2, 0.25) is 0 Å². The highest BCUT2D eigenvalue weighted by molar-refractivity contribution is 14.0. The molecule has 31 heavy (non-hydrogen) atoms. The summed E-state index contributed by atoms with van der Waals surface area (Å²) in [6, 6.07) is 6.43. The first-order valence-electron chi connectivity index (χ1n) is 10.3. The Morgan fingerprint density at radius 1 is 1.26 bits per heavy atom. The third-order valence-corrected chi connectivity index (χ3v) is 5.24. The maximum absolute atomic E-state index is 11.9. The number of nitrogens with zero attached hydrogens (tertiary/aromatic N) is 4. The number of piperazine rings is 1. The summed E-state index contributed by atoms with van der Waals surface area (Å²) in [5.74, 6) is 1.24. The van der Waals surface area contributed by atoms with Gasteiger partial charge in [0.25, 0.3) is 5.69 Å². The summed E-state index contributed by atoms with van der Waals surface area (Å²) in [5, 5.41) is 14.3. The number of rotatable bonds is 6. The lowest BCUT2D eigenvalue weighted by Crippen LogP contribution is -2.54. The Bertz CT molecular complexity index is 747. The third-order valence-electron chi connectivity index (χ3n) is 5.24. The molecule has 2 aliphatic rings. The molecule has 0 radical (unpaired) electrons. The van der Waals surface area contributed by atoms with Crippen molar-refractivity contribution in [3.05, 3.63) is 39.9 Å². The average molecular weight is 547 g/mol. The van der Waals surface area contributed by atoms with E-state index >= 15 is 0 Å². The molecule has 0 saturated carbocycles. The SMILES string of the molecule is CCOC(=O)N1CCN(C(=NCc2ccc([N+](=O)[O-])cc2)NCC2CCOC2)CC1.I. The standard InChI is InChI=1S/C20H29N5O5.HI/c1-2-30-20(26)24-10-8-23(9-11-24)19(22-14-17-7-12-29-15-17)21-13-16-3-5-18(6-4-16)25(27)28;/h3-6,17H,2,7-15H2,1H3,(H,21,22);1H. The number of hydrogen-bond donors (Lipinski definition) is 1. The number of nitro groups is 1. The zero-order valence-corrected chi connectivity index (χ0v) is 20.0. The molecule has 1 aromatic rings. The quantitative estimate of drug-likeness (QED) is 0.192. The van der Waals surface area contributed by atoms with E-state index in [9.17, 15) is 14.9 Å². The fourth-order valence-electron chi connectivity index (χ4n) is 3.45. The largest absolute Gasteiger partial charge is 0.450 e. The molecule has 1 unspecified atom stereocenters. The minimum Gasteiger partial charge on any atom is -0.450 e. The summed E-state index contributed by atoms with van der Waals surface area (Å²) >= 11 is 0. The van der Waals surface area contributed by atoms with Crippen molar-refractivity contribution in [3.8, 4) is 0 Å². The molecular formula is C20H30IN5O5. The second kappa shape index (κ2) is 12.6. The van der Waals surface area contributed by atoms with Crippen LogP contribution in [0.3, 0.4) is 0 Å². The van der Waals surface area contributed by atoms with Gasteiger partial charge in [-0.2, -0.15) is 0 Å². The van der Waals surface area contributed by atoms with Gasteiger partial charge in [-0.1, -0.05) is 12.1 Å². The Balaban J connectivity index is 0.00000341. The number of guanidine groups is 1. The fraction of sp³-hybridized carbons (Fsp3) is 0.600. The average Bonchev–Trinajstić information content (AvgIpc) is 3.28. The van der Waals surface area contributed by atoms with E-state index in [1.807, 2.05) is 0 Å². The predicted octanol–water partition coefficient (Wildman–Crippen LogP) is 2.47. The number of carbonyl (C=O) groups excluding carboxylic acids is 1. The van der Waals surface area contributed by atoms with Crippen LogP contribution in [-0.4, -0.2) is 79.3 Å². The predicted molar refractivity (Wildman–Crippen MR) is 127 cm³/mol. The maximum atomic E-state index is 11.9. The number of hydrogen-bond acceptors (Lipinski definition) is 6. The number of aliphatic imine (C=N–C) groups is 1. The highest BCUT2D eigenvalue weighted by atomic mass is 127. The lowest BCUT2D eigenvalue weighted by atomic mass is 10.1. The molecule has 0 aliphatic carbocycles. The normalized spacial score (nSPS) is 19.0. The molecule has 2 fully saturated rings. The monoisotopic (exact) mass is 547 g/mol. The van der Waals surface area contributed by atoms with Gasteiger partial charge in [-0.15, -0.1) is 24.0 Å². The van der Waals surface area contributed by atoms with Crippen LogP contribution < -0.4 is 5.32 Å². The number of halogens is 1. The fourth-order valence-corrected chi connectivity index (χ4v) is 3.45. The van der Waals surface area contributed by atoms with Gasteiger partial charge in [-0.3, -0.25) is 10.1 Å². The number of non-ortho nitro benzene ring substituents is 1. The Labute approximate surface area is 199 Å². The Kier molecular flexibility index (Phi) is 10.2. The maximum Gasteiger partial charge on any atom is 0.409 e. The van der Waals surface area contributed by atoms with Gasteiger partial charge in [-0.05, 0) is 18.9 Å². The van der Waals surface area contributed by atoms with Crippen molar-refractivity contribution >= 4 is 41.7 Å². The van der Waals surface area contributed by atoms with Gasteiger partial charge in [0, 0.05) is 57.4 Å². The zero-order chi connectivity index (χ0) is 21.3. The first-order chi connectivity index (χ1) is 14.6. The van der Waals surface area contributed by atoms with E-state index in [0.29, 0.717) is 45.2 Å². The zero-order valence-electron chi connectivity index (χ0n) is 17.7. The number of nitrogens with one attached hydrogen (secondary N) is 1. The molecule has 0 bridgehead atoms. The van der Waals surface area contributed by atoms with Crippen LogP contribution >= 0.6 is 24.0 Å². The van der Waals surface area contributed by atoms with Crippen molar-refractivity contribution in [2.45, 2.75) is 19.9 Å². The van der Waals surface area contributed by atoms with Crippen molar-refractivity contribution in [1.82, 2.24) is 15.1 Å². The van der Waals surface area contributed by atoms with Crippen LogP contribution in [0.15, 0.2) is 29.3 Å². The summed E-state index contributed by atoms with van der Waals surface area (Å²) in [6.07, 6.45) is 0.747. The van der Waals surface area contributed by atoms with Crippen LogP contribution in [-0.2, 0) is 16.0 Å². The van der Waals surface area contributed by atoms with Gasteiger partial charge in [0.05, 0.1) is 24.7 Å². The molecule has 2 heterocycles. The molecule has 0 aromatic heterocycles. The number of carbonyl (C=O) groups is 1. The van der Waals surface area contributed by atoms with Crippen molar-refractivity contribution in [2.24, 2.45) is 10.9 Å². The van der Waals surface area contributed by atoms with E-state index in [4.69, 9.17) is 14.5 Å². The topological polar surface area (TPSA) is 110 Å². The van der Waals surface area contributed by atoms with E-state index in [0.717, 1.165) is 37.7 Å². The Hall–Kier alpha value is -2.15. The van der Waals surface area contributed by atoms with Crippen LogP contribution in [0.5, 0.6) is 0 Å². The second-order valence-electron chi connectivity index (χ2n) is 7.35. The number of benzene rings is 1. The lowest BCUT2D eigenvalue weighted by Gasteiger charge is -2.36. The summed E-state index contributed by atoms with van der Waals surface area (Å²) in [4.78, 5) is 30.9. The molecule has 172 valence electrons.